The van der Waals surface area contributed by atoms with Gasteiger partial charge in [0.1, 0.15) is 21.6 Å². The molecule has 0 aliphatic carbocycles. The van der Waals surface area contributed by atoms with Crippen molar-refractivity contribution in [3.63, 3.8) is 0 Å². The number of benzene rings is 1. The summed E-state index contributed by atoms with van der Waals surface area (Å²) in [7, 11) is 0. The molecule has 0 N–H and O–H groups in total. The molecule has 9 heteroatoms. The van der Waals surface area contributed by atoms with Crippen molar-refractivity contribution in [2.75, 3.05) is 18.0 Å². The van der Waals surface area contributed by atoms with E-state index in [1.54, 1.807) is 24.4 Å². The lowest BCUT2D eigenvalue weighted by atomic mass is 10.1. The molecular formula is C25H23FN4O2S2. The van der Waals surface area contributed by atoms with Gasteiger partial charge in [-0.1, -0.05) is 42.2 Å². The van der Waals surface area contributed by atoms with Crippen molar-refractivity contribution in [3.8, 4) is 0 Å². The van der Waals surface area contributed by atoms with Gasteiger partial charge in [0.05, 0.1) is 17.0 Å². The minimum atomic E-state index is -0.334. The Morgan fingerprint density at radius 1 is 1.09 bits per heavy atom. The second kappa shape index (κ2) is 9.31. The van der Waals surface area contributed by atoms with Crippen LogP contribution in [0.5, 0.6) is 0 Å². The molecule has 2 aliphatic heterocycles. The second-order valence-corrected chi connectivity index (χ2v) is 10.2. The number of fused-ring (bicyclic) bond motifs is 1. The summed E-state index contributed by atoms with van der Waals surface area (Å²) in [5.74, 6) is 0.00815. The van der Waals surface area contributed by atoms with E-state index in [4.69, 9.17) is 17.2 Å². The zero-order valence-corrected chi connectivity index (χ0v) is 20.3. The quantitative estimate of drug-likeness (QED) is 0.392. The van der Waals surface area contributed by atoms with Gasteiger partial charge >= 0.3 is 0 Å². The number of thioether (sulfide) groups is 1. The predicted molar refractivity (Wildman–Crippen MR) is 137 cm³/mol. The largest absolute Gasteiger partial charge is 0.356 e. The maximum absolute atomic E-state index is 13.6. The highest BCUT2D eigenvalue weighted by atomic mass is 32.2. The van der Waals surface area contributed by atoms with Gasteiger partial charge in [0, 0.05) is 19.3 Å². The summed E-state index contributed by atoms with van der Waals surface area (Å²) in [6.45, 7) is 3.81. The Labute approximate surface area is 206 Å². The lowest BCUT2D eigenvalue weighted by Gasteiger charge is -2.29. The maximum Gasteiger partial charge on any atom is 0.267 e. The number of rotatable bonds is 4. The molecule has 1 aromatic carbocycles. The number of carbonyl (C=O) groups is 1. The summed E-state index contributed by atoms with van der Waals surface area (Å²) in [6.07, 6.45) is 6.63. The normalized spacial score (nSPS) is 17.9. The number of aromatic nitrogens is 2. The Bertz CT molecular complexity index is 1380. The molecule has 5 rings (SSSR count). The molecule has 0 spiro atoms. The zero-order chi connectivity index (χ0) is 23.8. The van der Waals surface area contributed by atoms with Crippen molar-refractivity contribution in [3.05, 3.63) is 80.4 Å². The molecule has 6 nitrogen and oxygen atoms in total. The fourth-order valence-corrected chi connectivity index (χ4v) is 5.50. The summed E-state index contributed by atoms with van der Waals surface area (Å²) in [5, 5.41) is 0. The monoisotopic (exact) mass is 494 g/mol. The lowest BCUT2D eigenvalue weighted by molar-refractivity contribution is -0.122. The average Bonchev–Trinajstić information content (AvgIpc) is 3.10. The number of thiocarbonyl (C=S) groups is 1. The maximum atomic E-state index is 13.6. The van der Waals surface area contributed by atoms with Crippen LogP contribution in [0.3, 0.4) is 0 Å². The van der Waals surface area contributed by atoms with Crippen LogP contribution in [-0.2, 0) is 11.3 Å². The number of amides is 1. The van der Waals surface area contributed by atoms with Crippen molar-refractivity contribution < 1.29 is 9.18 Å². The number of carbonyl (C=O) groups excluding carboxylic acids is 1. The molecule has 2 aromatic heterocycles. The van der Waals surface area contributed by atoms with Gasteiger partial charge in [-0.25, -0.2) is 9.37 Å². The Hall–Kier alpha value is -3.04. The van der Waals surface area contributed by atoms with Crippen LogP contribution >= 0.6 is 24.0 Å². The van der Waals surface area contributed by atoms with Crippen molar-refractivity contribution in [1.29, 1.82) is 0 Å². The topological polar surface area (TPSA) is 57.9 Å². The summed E-state index contributed by atoms with van der Waals surface area (Å²) in [5.41, 5.74) is 2.48. The molecule has 2 saturated heterocycles. The van der Waals surface area contributed by atoms with Crippen molar-refractivity contribution >= 4 is 51.7 Å². The molecule has 0 unspecified atom stereocenters. The molecule has 0 saturated carbocycles. The van der Waals surface area contributed by atoms with E-state index < -0.39 is 0 Å². The number of pyridine rings is 1. The molecule has 0 atom stereocenters. The Kier molecular flexibility index (Phi) is 6.22. The molecular weight excluding hydrogens is 471 g/mol. The zero-order valence-electron chi connectivity index (χ0n) is 18.7. The molecule has 0 bridgehead atoms. The third-order valence-electron chi connectivity index (χ3n) is 6.04. The summed E-state index contributed by atoms with van der Waals surface area (Å²) < 4.78 is 15.2. The SMILES string of the molecule is Cc1ccc2nc(N3CCCCC3)c(/C=C3/SC(=S)N(Cc4ccc(F)cc4)C3=O)c(=O)n2c1. The van der Waals surface area contributed by atoms with Gasteiger partial charge in [-0.2, -0.15) is 0 Å². The van der Waals surface area contributed by atoms with E-state index in [0.717, 1.165) is 43.5 Å². The first-order valence-electron chi connectivity index (χ1n) is 11.2. The predicted octanol–water partition coefficient (Wildman–Crippen LogP) is 4.53. The number of piperidine rings is 1. The first-order valence-corrected chi connectivity index (χ1v) is 12.4. The van der Waals surface area contributed by atoms with E-state index in [1.165, 1.54) is 33.2 Å². The van der Waals surface area contributed by atoms with Crippen LogP contribution in [0, 0.1) is 12.7 Å². The van der Waals surface area contributed by atoms with Crippen LogP contribution in [0.15, 0.2) is 52.3 Å². The highest BCUT2D eigenvalue weighted by Crippen LogP contribution is 2.34. The molecule has 2 aliphatic rings. The summed E-state index contributed by atoms with van der Waals surface area (Å²) in [4.78, 5) is 35.6. The van der Waals surface area contributed by atoms with E-state index >= 15 is 0 Å². The third kappa shape index (κ3) is 4.37. The van der Waals surface area contributed by atoms with Gasteiger partial charge in [-0.05, 0) is 61.6 Å². The Morgan fingerprint density at radius 3 is 2.56 bits per heavy atom. The van der Waals surface area contributed by atoms with Crippen molar-refractivity contribution in [2.24, 2.45) is 0 Å². The smallest absolute Gasteiger partial charge is 0.267 e. The van der Waals surface area contributed by atoms with Crippen LogP contribution in [0.1, 0.15) is 36.0 Å². The standard InChI is InChI=1S/C25H23FN4O2S2/c1-16-5-10-21-27-22(28-11-3-2-4-12-28)19(23(31)29(21)14-16)13-20-24(32)30(25(33)34-20)15-17-6-8-18(26)9-7-17/h5-10,13-14H,2-4,11-12,15H2,1H3/b20-13+. The van der Waals surface area contributed by atoms with E-state index in [1.807, 2.05) is 19.1 Å². The van der Waals surface area contributed by atoms with Gasteiger partial charge < -0.3 is 4.90 Å². The molecule has 2 fully saturated rings. The Balaban J connectivity index is 1.56. The van der Waals surface area contributed by atoms with Crippen molar-refractivity contribution in [2.45, 2.75) is 32.7 Å². The van der Waals surface area contributed by atoms with Crippen LogP contribution in [0.2, 0.25) is 0 Å². The van der Waals surface area contributed by atoms with Gasteiger partial charge in [0.25, 0.3) is 11.5 Å². The minimum absolute atomic E-state index is 0.210. The van der Waals surface area contributed by atoms with Gasteiger partial charge in [0.15, 0.2) is 0 Å². The third-order valence-corrected chi connectivity index (χ3v) is 7.42. The van der Waals surface area contributed by atoms with Crippen molar-refractivity contribution in [1.82, 2.24) is 14.3 Å². The van der Waals surface area contributed by atoms with Gasteiger partial charge in [-0.3, -0.25) is 18.9 Å². The lowest BCUT2D eigenvalue weighted by Crippen LogP contribution is -2.33. The number of halogens is 1. The highest BCUT2D eigenvalue weighted by molar-refractivity contribution is 8.26. The van der Waals surface area contributed by atoms with E-state index in [9.17, 15) is 14.0 Å². The van der Waals surface area contributed by atoms with Crippen LogP contribution in [0.25, 0.3) is 11.7 Å². The number of nitrogens with zero attached hydrogens (tertiary/aromatic N) is 4. The van der Waals surface area contributed by atoms with Gasteiger partial charge in [-0.15, -0.1) is 0 Å². The molecule has 34 heavy (non-hydrogen) atoms. The molecule has 1 amide bonds. The number of hydrogen-bond acceptors (Lipinski definition) is 6. The van der Waals surface area contributed by atoms with Crippen LogP contribution < -0.4 is 10.5 Å². The number of hydrogen-bond donors (Lipinski definition) is 0. The first-order chi connectivity index (χ1) is 16.4. The van der Waals surface area contributed by atoms with Crippen LogP contribution in [0.4, 0.5) is 10.2 Å². The average molecular weight is 495 g/mol. The molecule has 174 valence electrons. The fraction of sp³-hybridized carbons (Fsp3) is 0.280. The molecule has 3 aromatic rings. The first kappa shape index (κ1) is 22.7. The minimum Gasteiger partial charge on any atom is -0.356 e. The summed E-state index contributed by atoms with van der Waals surface area (Å²) >= 11 is 6.64. The Morgan fingerprint density at radius 2 is 1.82 bits per heavy atom. The fourth-order valence-electron chi connectivity index (χ4n) is 4.26. The second-order valence-electron chi connectivity index (χ2n) is 8.53. The number of aryl methyl sites for hydroxylation is 1. The van der Waals surface area contributed by atoms with Gasteiger partial charge in [0.2, 0.25) is 0 Å². The van der Waals surface area contributed by atoms with E-state index in [2.05, 4.69) is 4.90 Å². The van der Waals surface area contributed by atoms with Crippen LogP contribution in [-0.4, -0.2) is 37.6 Å². The van der Waals surface area contributed by atoms with E-state index in [-0.39, 0.29) is 23.8 Å². The summed E-state index contributed by atoms with van der Waals surface area (Å²) in [6, 6.07) is 9.76. The van der Waals surface area contributed by atoms with E-state index in [0.29, 0.717) is 26.3 Å². The molecule has 0 radical (unpaired) electrons. The highest BCUT2D eigenvalue weighted by Gasteiger charge is 2.33. The molecule has 4 heterocycles. The number of anilines is 1.